The first kappa shape index (κ1) is 82.2. The highest BCUT2D eigenvalue weighted by Crippen LogP contribution is 2.44. The number of phosphoric acid groups is 2. The second-order valence-electron chi connectivity index (χ2n) is 24.7. The maximum atomic E-state index is 14.1. The Hall–Kier alpha value is -0.930. The molecule has 2 aliphatic heterocycles. The lowest BCUT2D eigenvalue weighted by molar-refractivity contribution is -0.319. The van der Waals surface area contributed by atoms with Crippen molar-refractivity contribution in [2.45, 2.75) is 358 Å². The molecule has 2 saturated heterocycles. The molecular formula is C66H129NO18P2. The lowest BCUT2D eigenvalue weighted by Gasteiger charge is -2.47. The van der Waals surface area contributed by atoms with Gasteiger partial charge in [-0.05, 0) is 57.8 Å². The van der Waals surface area contributed by atoms with Crippen molar-refractivity contribution in [3.05, 3.63) is 12.2 Å². The highest BCUT2D eigenvalue weighted by molar-refractivity contribution is 7.46. The Morgan fingerprint density at radius 2 is 0.885 bits per heavy atom. The van der Waals surface area contributed by atoms with Gasteiger partial charge in [-0.25, -0.2) is 9.13 Å². The molecule has 87 heavy (non-hydrogen) atoms. The number of methoxy groups -OCH3 is 2. The second kappa shape index (κ2) is 53.4. The van der Waals surface area contributed by atoms with Crippen molar-refractivity contribution in [2.24, 2.45) is 0 Å². The van der Waals surface area contributed by atoms with E-state index in [9.17, 15) is 38.6 Å². The number of nitrogens with one attached hydrogen (secondary N) is 1. The summed E-state index contributed by atoms with van der Waals surface area (Å²) in [4.78, 5) is 55.3. The highest BCUT2D eigenvalue weighted by atomic mass is 31.2. The molecule has 11 atom stereocenters. The molecule has 1 amide bonds. The number of unbranched alkanes of at least 4 members (excludes halogenated alkanes) is 33. The fourth-order valence-corrected chi connectivity index (χ4v) is 12.7. The van der Waals surface area contributed by atoms with Crippen LogP contribution in [0.3, 0.4) is 0 Å². The van der Waals surface area contributed by atoms with Crippen molar-refractivity contribution in [3.63, 3.8) is 0 Å². The van der Waals surface area contributed by atoms with Crippen molar-refractivity contribution in [2.75, 3.05) is 47.3 Å². The van der Waals surface area contributed by atoms with Gasteiger partial charge in [0.05, 0.1) is 19.3 Å². The first-order valence-electron chi connectivity index (χ1n) is 35.0. The number of allylic oxidation sites excluding steroid dienone is 2. The number of aliphatic hydroxyl groups excluding tert-OH is 1. The lowest BCUT2D eigenvalue weighted by Crippen LogP contribution is -2.67. The smallest absolute Gasteiger partial charge is 0.387 e. The summed E-state index contributed by atoms with van der Waals surface area (Å²) >= 11 is 0. The van der Waals surface area contributed by atoms with Crippen molar-refractivity contribution in [3.8, 4) is 0 Å². The van der Waals surface area contributed by atoms with Crippen LogP contribution >= 0.6 is 15.6 Å². The van der Waals surface area contributed by atoms with Gasteiger partial charge in [-0.1, -0.05) is 239 Å². The maximum absolute atomic E-state index is 14.1. The Balaban J connectivity index is 2.39. The van der Waals surface area contributed by atoms with Gasteiger partial charge in [-0.15, -0.1) is 0 Å². The van der Waals surface area contributed by atoms with Crippen molar-refractivity contribution in [1.29, 1.82) is 0 Å². The van der Waals surface area contributed by atoms with Gasteiger partial charge in [-0.2, -0.15) is 0 Å². The summed E-state index contributed by atoms with van der Waals surface area (Å²) in [6.45, 7) is 8.58. The zero-order valence-electron chi connectivity index (χ0n) is 55.5. The van der Waals surface area contributed by atoms with Crippen molar-refractivity contribution < 1.29 is 85.5 Å². The third-order valence-electron chi connectivity index (χ3n) is 16.8. The van der Waals surface area contributed by atoms with E-state index in [2.05, 4.69) is 45.2 Å². The lowest BCUT2D eigenvalue weighted by atomic mass is 9.95. The van der Waals surface area contributed by atoms with Gasteiger partial charge in [0.25, 0.3) is 0 Å². The first-order valence-corrected chi connectivity index (χ1v) is 38.1. The molecule has 21 heteroatoms. The van der Waals surface area contributed by atoms with E-state index in [1.807, 2.05) is 0 Å². The minimum atomic E-state index is -5.22. The Morgan fingerprint density at radius 1 is 0.460 bits per heavy atom. The topological polar surface area (TPSA) is 257 Å². The predicted octanol–water partition coefficient (Wildman–Crippen LogP) is 15.3. The van der Waals surface area contributed by atoms with Gasteiger partial charge in [0.15, 0.2) is 12.6 Å². The second-order valence-corrected chi connectivity index (χ2v) is 27.1. The first-order chi connectivity index (χ1) is 42.1. The molecule has 516 valence electrons. The number of aliphatic hydroxyl groups is 1. The number of carbonyl (C=O) groups excluding carboxylic acids is 1. The Morgan fingerprint density at radius 3 is 1.36 bits per heavy atom. The SMILES string of the molecule is CCCCCCCC/C=C/CCCCCCCC(=O)N[C@H]1[C@H](OC[C@H]2O[C@@H](OP(=O)(O)O)[C@H](OCCCCCCCCCCCCCC)[C@@H](OCCCCCCCCCC)[C@@H]2O)O[C@H](COC)[C@@H](OP(=O)(O)O)[C@@H]1OCC[C@@H](CCCCCCC)OC. The summed E-state index contributed by atoms with van der Waals surface area (Å²) in [5.74, 6) is -0.378. The van der Waals surface area contributed by atoms with E-state index in [4.69, 9.17) is 46.9 Å². The van der Waals surface area contributed by atoms with Crippen LogP contribution in [0.15, 0.2) is 12.2 Å². The molecule has 0 unspecified atom stereocenters. The summed E-state index contributed by atoms with van der Waals surface area (Å²) < 4.78 is 86.1. The number of hydrogen-bond donors (Lipinski definition) is 6. The molecular weight excluding hydrogens is 1160 g/mol. The molecule has 0 aliphatic carbocycles. The molecule has 2 aliphatic rings. The monoisotopic (exact) mass is 1290 g/mol. The molecule has 2 heterocycles. The summed E-state index contributed by atoms with van der Waals surface area (Å²) in [6, 6.07) is -1.25. The molecule has 0 aromatic heterocycles. The van der Waals surface area contributed by atoms with E-state index in [1.165, 1.54) is 116 Å². The summed E-state index contributed by atoms with van der Waals surface area (Å²) in [5.41, 5.74) is 0. The van der Waals surface area contributed by atoms with Crippen LogP contribution in [-0.4, -0.2) is 145 Å². The van der Waals surface area contributed by atoms with Gasteiger partial charge in [0.1, 0.15) is 48.8 Å². The molecule has 0 aromatic carbocycles. The molecule has 0 aromatic rings. The van der Waals surface area contributed by atoms with Crippen LogP contribution in [0, 0.1) is 0 Å². The molecule has 0 saturated carbocycles. The zero-order valence-corrected chi connectivity index (χ0v) is 57.3. The van der Waals surface area contributed by atoms with E-state index in [0.29, 0.717) is 25.7 Å². The third kappa shape index (κ3) is 41.4. The van der Waals surface area contributed by atoms with E-state index < -0.39 is 83.6 Å². The Bertz CT molecular complexity index is 1730. The number of rotatable bonds is 60. The van der Waals surface area contributed by atoms with E-state index >= 15 is 0 Å². The van der Waals surface area contributed by atoms with Crippen LogP contribution < -0.4 is 5.32 Å². The minimum Gasteiger partial charge on any atom is -0.387 e. The third-order valence-corrected chi connectivity index (χ3v) is 17.8. The normalized spacial score (nSPS) is 23.3. The van der Waals surface area contributed by atoms with Crippen LogP contribution in [-0.2, 0) is 60.9 Å². The largest absolute Gasteiger partial charge is 0.472 e. The molecule has 2 rings (SSSR count). The molecule has 6 N–H and O–H groups in total. The predicted molar refractivity (Wildman–Crippen MR) is 344 cm³/mol. The highest BCUT2D eigenvalue weighted by Gasteiger charge is 2.53. The van der Waals surface area contributed by atoms with E-state index in [1.54, 1.807) is 7.11 Å². The average Bonchev–Trinajstić information content (AvgIpc) is 1.46. The van der Waals surface area contributed by atoms with Crippen LogP contribution in [0.4, 0.5) is 0 Å². The molecule has 19 nitrogen and oxygen atoms in total. The van der Waals surface area contributed by atoms with Gasteiger partial charge < -0.3 is 67.9 Å². The zero-order chi connectivity index (χ0) is 63.6. The van der Waals surface area contributed by atoms with Crippen LogP contribution in [0.25, 0.3) is 0 Å². The van der Waals surface area contributed by atoms with Gasteiger partial charge in [0, 0.05) is 40.5 Å². The fraction of sp³-hybridized carbons (Fsp3) is 0.955. The van der Waals surface area contributed by atoms with Crippen molar-refractivity contribution in [1.82, 2.24) is 5.32 Å². The van der Waals surface area contributed by atoms with Crippen LogP contribution in [0.2, 0.25) is 0 Å². The maximum Gasteiger partial charge on any atom is 0.472 e. The van der Waals surface area contributed by atoms with E-state index in [-0.39, 0.29) is 44.9 Å². The number of phosphoric ester groups is 2. The quantitative estimate of drug-likeness (QED) is 0.0188. The van der Waals surface area contributed by atoms with Gasteiger partial charge in [0.2, 0.25) is 5.91 Å². The summed E-state index contributed by atoms with van der Waals surface area (Å²) in [6.07, 6.45) is 35.2. The Labute approximate surface area is 528 Å². The number of ether oxygens (including phenoxy) is 8. The van der Waals surface area contributed by atoms with Gasteiger partial charge in [-0.3, -0.25) is 13.8 Å². The van der Waals surface area contributed by atoms with Crippen LogP contribution in [0.5, 0.6) is 0 Å². The fourth-order valence-electron chi connectivity index (χ4n) is 11.7. The Kier molecular flexibility index (Phi) is 50.5. The molecule has 2 fully saturated rings. The van der Waals surface area contributed by atoms with Crippen LogP contribution in [0.1, 0.15) is 291 Å². The minimum absolute atomic E-state index is 0.0521. The number of hydrogen-bond acceptors (Lipinski definition) is 14. The molecule has 0 spiro atoms. The molecule has 0 bridgehead atoms. The summed E-state index contributed by atoms with van der Waals surface area (Å²) in [5, 5.41) is 15.3. The average molecular weight is 1290 g/mol. The van der Waals surface area contributed by atoms with Gasteiger partial charge >= 0.3 is 15.6 Å². The summed E-state index contributed by atoms with van der Waals surface area (Å²) in [7, 11) is -7.41. The van der Waals surface area contributed by atoms with Crippen molar-refractivity contribution >= 4 is 21.6 Å². The van der Waals surface area contributed by atoms with E-state index in [0.717, 1.165) is 122 Å². The molecule has 0 radical (unpaired) electrons. The number of carbonyl (C=O) groups is 1. The standard InChI is InChI=1S/C66H129NO18P2/c1-7-11-15-19-22-25-27-29-30-31-32-34-36-40-44-48-58(68)67-59-62(80-52-49-55(77-6)47-43-39-18-14-10-4)61(84-86(70,71)72)57(53-76-5)83-65(59)81-54-56-60(69)63(78-50-45-41-37-24-21-17-13-9-3)64(66(82-56)85-87(73,74)75)79-51-46-42-38-35-33-28-26-23-20-16-12-8-2/h29-30,55-57,59-66,69H,7-28,31-54H2,1-6H3,(H,67,68)(H2,70,71,72)(H2,73,74,75)/b30-29+/t55-,56-,57-,59-,60-,61-,62-,63+,64-,65-,66+/m1/s1. The number of amides is 1.